The zero-order valence-corrected chi connectivity index (χ0v) is 12.0. The van der Waals surface area contributed by atoms with E-state index in [0.717, 1.165) is 22.5 Å². The number of hydrogen-bond acceptors (Lipinski definition) is 3. The quantitative estimate of drug-likeness (QED) is 0.665. The van der Waals surface area contributed by atoms with E-state index in [1.54, 1.807) is 18.0 Å². The van der Waals surface area contributed by atoms with Crippen molar-refractivity contribution in [3.8, 4) is 0 Å². The second-order valence-corrected chi connectivity index (χ2v) is 4.82. The minimum atomic E-state index is -0.0361. The van der Waals surface area contributed by atoms with E-state index in [2.05, 4.69) is 5.43 Å². The fourth-order valence-corrected chi connectivity index (χ4v) is 2.20. The van der Waals surface area contributed by atoms with Crippen LogP contribution in [0.1, 0.15) is 21.5 Å². The fraction of sp³-hybridized carbons (Fsp3) is 0.188. The Morgan fingerprint density at radius 1 is 1.10 bits per heavy atom. The Labute approximate surface area is 119 Å². The van der Waals surface area contributed by atoms with Crippen molar-refractivity contribution in [1.82, 2.24) is 0 Å². The van der Waals surface area contributed by atoms with Crippen LogP contribution in [0, 0.1) is 13.8 Å². The van der Waals surface area contributed by atoms with Gasteiger partial charge in [-0.15, -0.1) is 0 Å². The lowest BCUT2D eigenvalue weighted by atomic mass is 10.1. The summed E-state index contributed by atoms with van der Waals surface area (Å²) in [6, 6.07) is 13.3. The van der Waals surface area contributed by atoms with Crippen molar-refractivity contribution >= 4 is 17.3 Å². The van der Waals surface area contributed by atoms with Crippen molar-refractivity contribution < 1.29 is 4.79 Å². The number of anilines is 2. The second kappa shape index (κ2) is 5.75. The highest BCUT2D eigenvalue weighted by Crippen LogP contribution is 2.22. The molecule has 20 heavy (non-hydrogen) atoms. The number of hydrazine groups is 1. The zero-order valence-electron chi connectivity index (χ0n) is 12.0. The van der Waals surface area contributed by atoms with Crippen molar-refractivity contribution in [2.24, 2.45) is 5.84 Å². The average Bonchev–Trinajstić information content (AvgIpc) is 2.46. The third-order valence-corrected chi connectivity index (χ3v) is 3.41. The molecular formula is C16H19N3O. The number of nitrogens with one attached hydrogen (secondary N) is 1. The molecule has 0 fully saturated rings. The lowest BCUT2D eigenvalue weighted by molar-refractivity contribution is 0.0993. The fourth-order valence-electron chi connectivity index (χ4n) is 2.20. The molecule has 4 heteroatoms. The maximum atomic E-state index is 12.5. The molecule has 0 aliphatic carbocycles. The summed E-state index contributed by atoms with van der Waals surface area (Å²) in [5.74, 6) is 5.37. The summed E-state index contributed by atoms with van der Waals surface area (Å²) < 4.78 is 0. The van der Waals surface area contributed by atoms with E-state index in [0.29, 0.717) is 5.56 Å². The standard InChI is InChI=1S/C16H19N3O/c1-11-6-4-5-7-15(11)19(3)16(20)13-8-9-14(18-17)12(2)10-13/h4-10,18H,17H2,1-3H3. The van der Waals surface area contributed by atoms with Crippen LogP contribution in [0.2, 0.25) is 0 Å². The molecule has 0 saturated carbocycles. The molecule has 0 atom stereocenters. The molecule has 1 amide bonds. The minimum Gasteiger partial charge on any atom is -0.324 e. The van der Waals surface area contributed by atoms with Crippen LogP contribution >= 0.6 is 0 Å². The first kappa shape index (κ1) is 14.1. The predicted molar refractivity (Wildman–Crippen MR) is 82.9 cm³/mol. The highest BCUT2D eigenvalue weighted by atomic mass is 16.2. The predicted octanol–water partition coefficient (Wildman–Crippen LogP) is 2.87. The summed E-state index contributed by atoms with van der Waals surface area (Å²) in [7, 11) is 1.79. The molecule has 0 unspecified atom stereocenters. The molecule has 0 aliphatic heterocycles. The Balaban J connectivity index is 2.32. The highest BCUT2D eigenvalue weighted by molar-refractivity contribution is 6.06. The maximum absolute atomic E-state index is 12.5. The number of benzene rings is 2. The molecule has 2 aromatic rings. The zero-order chi connectivity index (χ0) is 14.7. The third-order valence-electron chi connectivity index (χ3n) is 3.41. The molecule has 104 valence electrons. The van der Waals surface area contributed by atoms with Crippen LogP contribution in [-0.2, 0) is 0 Å². The average molecular weight is 269 g/mol. The van der Waals surface area contributed by atoms with E-state index in [1.807, 2.05) is 50.2 Å². The normalized spacial score (nSPS) is 10.2. The van der Waals surface area contributed by atoms with Gasteiger partial charge in [-0.3, -0.25) is 10.6 Å². The monoisotopic (exact) mass is 269 g/mol. The number of aryl methyl sites for hydroxylation is 2. The molecule has 0 radical (unpaired) electrons. The Morgan fingerprint density at radius 3 is 2.40 bits per heavy atom. The van der Waals surface area contributed by atoms with Crippen LogP contribution in [0.25, 0.3) is 0 Å². The summed E-state index contributed by atoms with van der Waals surface area (Å²) in [5, 5.41) is 0. The number of amides is 1. The van der Waals surface area contributed by atoms with Crippen molar-refractivity contribution in [3.63, 3.8) is 0 Å². The first-order valence-corrected chi connectivity index (χ1v) is 6.45. The largest absolute Gasteiger partial charge is 0.324 e. The molecule has 3 N–H and O–H groups in total. The highest BCUT2D eigenvalue weighted by Gasteiger charge is 2.15. The molecule has 4 nitrogen and oxygen atoms in total. The van der Waals surface area contributed by atoms with Crippen molar-refractivity contribution in [2.45, 2.75) is 13.8 Å². The van der Waals surface area contributed by atoms with Gasteiger partial charge in [-0.2, -0.15) is 0 Å². The smallest absolute Gasteiger partial charge is 0.258 e. The number of nitrogens with zero attached hydrogens (tertiary/aromatic N) is 1. The topological polar surface area (TPSA) is 58.4 Å². The minimum absolute atomic E-state index is 0.0361. The van der Waals surface area contributed by atoms with Crippen LogP contribution in [-0.4, -0.2) is 13.0 Å². The molecule has 0 aromatic heterocycles. The summed E-state index contributed by atoms with van der Waals surface area (Å²) in [6.07, 6.45) is 0. The van der Waals surface area contributed by atoms with Gasteiger partial charge >= 0.3 is 0 Å². The molecule has 2 rings (SSSR count). The molecule has 0 aliphatic rings. The van der Waals surface area contributed by atoms with Crippen LogP contribution < -0.4 is 16.2 Å². The van der Waals surface area contributed by atoms with Gasteiger partial charge < -0.3 is 10.3 Å². The first-order valence-electron chi connectivity index (χ1n) is 6.45. The molecule has 0 bridgehead atoms. The molecular weight excluding hydrogens is 250 g/mol. The van der Waals surface area contributed by atoms with E-state index in [-0.39, 0.29) is 5.91 Å². The summed E-state index contributed by atoms with van der Waals surface area (Å²) in [6.45, 7) is 3.91. The molecule has 0 saturated heterocycles. The number of nitrogen functional groups attached to an aromatic ring is 1. The van der Waals surface area contributed by atoms with E-state index in [4.69, 9.17) is 5.84 Å². The lowest BCUT2D eigenvalue weighted by Gasteiger charge is -2.20. The van der Waals surface area contributed by atoms with Gasteiger partial charge in [-0.25, -0.2) is 0 Å². The Bertz CT molecular complexity index is 637. The Morgan fingerprint density at radius 2 is 1.80 bits per heavy atom. The number of rotatable bonds is 3. The van der Waals surface area contributed by atoms with Gasteiger partial charge in [0.1, 0.15) is 0 Å². The van der Waals surface area contributed by atoms with Gasteiger partial charge in [0.25, 0.3) is 5.91 Å². The summed E-state index contributed by atoms with van der Waals surface area (Å²) in [5.41, 5.74) is 7.00. The van der Waals surface area contributed by atoms with E-state index in [1.165, 1.54) is 0 Å². The van der Waals surface area contributed by atoms with Crippen LogP contribution in [0.3, 0.4) is 0 Å². The van der Waals surface area contributed by atoms with Gasteiger partial charge in [0, 0.05) is 18.3 Å². The third kappa shape index (κ3) is 2.65. The SMILES string of the molecule is Cc1cc(C(=O)N(C)c2ccccc2C)ccc1NN. The summed E-state index contributed by atoms with van der Waals surface area (Å²) in [4.78, 5) is 14.2. The number of carbonyl (C=O) groups excluding carboxylic acids is 1. The van der Waals surface area contributed by atoms with Crippen molar-refractivity contribution in [1.29, 1.82) is 0 Å². The van der Waals surface area contributed by atoms with Crippen LogP contribution in [0.15, 0.2) is 42.5 Å². The number of carbonyl (C=O) groups is 1. The number of para-hydroxylation sites is 1. The second-order valence-electron chi connectivity index (χ2n) is 4.82. The van der Waals surface area contributed by atoms with Gasteiger partial charge in [0.05, 0.1) is 5.69 Å². The lowest BCUT2D eigenvalue weighted by Crippen LogP contribution is -2.27. The molecule has 2 aromatic carbocycles. The molecule has 0 heterocycles. The molecule has 0 spiro atoms. The first-order chi connectivity index (χ1) is 9.54. The summed E-state index contributed by atoms with van der Waals surface area (Å²) >= 11 is 0. The van der Waals surface area contributed by atoms with Crippen LogP contribution in [0.5, 0.6) is 0 Å². The number of hydrogen-bond donors (Lipinski definition) is 2. The van der Waals surface area contributed by atoms with Gasteiger partial charge in [0.15, 0.2) is 0 Å². The van der Waals surface area contributed by atoms with Crippen molar-refractivity contribution in [2.75, 3.05) is 17.4 Å². The van der Waals surface area contributed by atoms with Crippen molar-refractivity contribution in [3.05, 3.63) is 59.2 Å². The Kier molecular flexibility index (Phi) is 4.05. The Hall–Kier alpha value is -2.33. The van der Waals surface area contributed by atoms with E-state index in [9.17, 15) is 4.79 Å². The van der Waals surface area contributed by atoms with Crippen LogP contribution in [0.4, 0.5) is 11.4 Å². The van der Waals surface area contributed by atoms with Gasteiger partial charge in [-0.05, 0) is 49.2 Å². The van der Waals surface area contributed by atoms with Gasteiger partial charge in [0.2, 0.25) is 0 Å². The number of nitrogens with two attached hydrogens (primary N) is 1. The maximum Gasteiger partial charge on any atom is 0.258 e. The van der Waals surface area contributed by atoms with Gasteiger partial charge in [-0.1, -0.05) is 18.2 Å². The van der Waals surface area contributed by atoms with E-state index < -0.39 is 0 Å². The van der Waals surface area contributed by atoms with E-state index >= 15 is 0 Å².